The number of methoxy groups -OCH3 is 1. The van der Waals surface area contributed by atoms with Crippen LogP contribution in [0.4, 0.5) is 18.9 Å². The first-order valence-corrected chi connectivity index (χ1v) is 11.7. The number of benzene rings is 3. The number of hydrogen-bond acceptors (Lipinski definition) is 5. The minimum atomic E-state index is -4.40. The van der Waals surface area contributed by atoms with Crippen molar-refractivity contribution in [1.82, 2.24) is 9.88 Å². The van der Waals surface area contributed by atoms with Crippen molar-refractivity contribution in [3.05, 3.63) is 90.1 Å². The van der Waals surface area contributed by atoms with Crippen molar-refractivity contribution < 1.29 is 27.1 Å². The van der Waals surface area contributed by atoms with Crippen LogP contribution >= 0.6 is 0 Å². The number of oxazole rings is 1. The van der Waals surface area contributed by atoms with Gasteiger partial charge in [-0.3, -0.25) is 4.79 Å². The molecule has 0 N–H and O–H groups in total. The van der Waals surface area contributed by atoms with Crippen molar-refractivity contribution >= 4 is 11.6 Å². The van der Waals surface area contributed by atoms with Gasteiger partial charge in [-0.15, -0.1) is 0 Å². The number of carbonyl (C=O) groups excluding carboxylic acids is 1. The lowest BCUT2D eigenvalue weighted by atomic mass is 10.1. The van der Waals surface area contributed by atoms with Crippen LogP contribution in [0.5, 0.6) is 5.75 Å². The first-order valence-electron chi connectivity index (χ1n) is 11.7. The molecule has 0 radical (unpaired) electrons. The molecule has 0 bridgehead atoms. The van der Waals surface area contributed by atoms with E-state index in [1.54, 1.807) is 42.5 Å². The molecular formula is C28H24F3N3O3. The Morgan fingerprint density at radius 3 is 2.46 bits per heavy atom. The molecule has 5 rings (SSSR count). The highest BCUT2D eigenvalue weighted by Gasteiger charge is 2.31. The van der Waals surface area contributed by atoms with E-state index in [2.05, 4.69) is 4.98 Å². The molecule has 1 aliphatic rings. The van der Waals surface area contributed by atoms with Crippen molar-refractivity contribution in [2.45, 2.75) is 6.18 Å². The summed E-state index contributed by atoms with van der Waals surface area (Å²) in [7, 11) is 1.59. The molecule has 0 aliphatic carbocycles. The third kappa shape index (κ3) is 5.16. The summed E-state index contributed by atoms with van der Waals surface area (Å²) in [6.45, 7) is 1.61. The summed E-state index contributed by atoms with van der Waals surface area (Å²) in [6, 6.07) is 19.8. The lowest BCUT2D eigenvalue weighted by Gasteiger charge is -2.36. The summed E-state index contributed by atoms with van der Waals surface area (Å²) in [5, 5.41) is 0. The Balaban J connectivity index is 1.32. The number of piperazine rings is 1. The van der Waals surface area contributed by atoms with E-state index in [4.69, 9.17) is 9.15 Å². The van der Waals surface area contributed by atoms with Gasteiger partial charge < -0.3 is 19.0 Å². The number of halogens is 3. The third-order valence-electron chi connectivity index (χ3n) is 6.35. The number of ether oxygens (including phenoxy) is 1. The molecule has 0 unspecified atom stereocenters. The fourth-order valence-electron chi connectivity index (χ4n) is 4.38. The molecule has 4 aromatic rings. The zero-order chi connectivity index (χ0) is 26.0. The fraction of sp³-hybridized carbons (Fsp3) is 0.214. The van der Waals surface area contributed by atoms with Crippen LogP contribution in [0.2, 0.25) is 0 Å². The monoisotopic (exact) mass is 507 g/mol. The van der Waals surface area contributed by atoms with E-state index in [9.17, 15) is 18.0 Å². The van der Waals surface area contributed by atoms with E-state index in [1.807, 2.05) is 35.2 Å². The Hall–Kier alpha value is -4.27. The average Bonchev–Trinajstić information content (AvgIpc) is 3.43. The van der Waals surface area contributed by atoms with Crippen LogP contribution in [0.15, 0.2) is 83.4 Å². The van der Waals surface area contributed by atoms with Gasteiger partial charge in [0.1, 0.15) is 5.75 Å². The van der Waals surface area contributed by atoms with Crippen molar-refractivity contribution in [2.75, 3.05) is 38.2 Å². The average molecular weight is 508 g/mol. The van der Waals surface area contributed by atoms with Gasteiger partial charge in [0.05, 0.1) is 24.4 Å². The maximum atomic E-state index is 13.5. The molecule has 2 heterocycles. The number of hydrogen-bond donors (Lipinski definition) is 0. The van der Waals surface area contributed by atoms with Crippen LogP contribution in [0.3, 0.4) is 0 Å². The third-order valence-corrected chi connectivity index (χ3v) is 6.35. The van der Waals surface area contributed by atoms with Crippen molar-refractivity contribution in [2.24, 2.45) is 0 Å². The second-order valence-corrected chi connectivity index (χ2v) is 8.63. The molecule has 0 saturated carbocycles. The first kappa shape index (κ1) is 24.4. The molecular weight excluding hydrogens is 483 g/mol. The molecule has 9 heteroatoms. The van der Waals surface area contributed by atoms with Gasteiger partial charge in [-0.25, -0.2) is 4.98 Å². The standard InChI is InChI=1S/C28H24F3N3O3/c1-36-22-9-4-6-19(16-22)25-18-32-26(37-25)23-10-2-3-11-24(23)27(35)34-14-12-33(13-15-34)21-8-5-7-20(17-21)28(29,30)31/h2-11,16-18H,12-15H2,1H3. The number of carbonyl (C=O) groups is 1. The summed E-state index contributed by atoms with van der Waals surface area (Å²) < 4.78 is 50.6. The maximum absolute atomic E-state index is 13.5. The summed E-state index contributed by atoms with van der Waals surface area (Å²) >= 11 is 0. The van der Waals surface area contributed by atoms with Gasteiger partial charge in [-0.2, -0.15) is 13.2 Å². The Labute approximate surface area is 211 Å². The summed E-state index contributed by atoms with van der Waals surface area (Å²) in [4.78, 5) is 21.4. The predicted octanol–water partition coefficient (Wildman–Crippen LogP) is 6.00. The Morgan fingerprint density at radius 1 is 0.946 bits per heavy atom. The highest BCUT2D eigenvalue weighted by atomic mass is 19.4. The second-order valence-electron chi connectivity index (χ2n) is 8.63. The van der Waals surface area contributed by atoms with E-state index >= 15 is 0 Å². The lowest BCUT2D eigenvalue weighted by molar-refractivity contribution is -0.137. The molecule has 1 aromatic heterocycles. The molecule has 1 fully saturated rings. The van der Waals surface area contributed by atoms with E-state index in [0.717, 1.165) is 17.7 Å². The SMILES string of the molecule is COc1cccc(-c2cnc(-c3ccccc3C(=O)N3CCN(c4cccc(C(F)(F)F)c4)CC3)o2)c1. The van der Waals surface area contributed by atoms with Crippen LogP contribution in [-0.4, -0.2) is 49.1 Å². The van der Waals surface area contributed by atoms with Crippen LogP contribution < -0.4 is 9.64 Å². The van der Waals surface area contributed by atoms with Gasteiger partial charge >= 0.3 is 6.18 Å². The highest BCUT2D eigenvalue weighted by molar-refractivity contribution is 6.00. The van der Waals surface area contributed by atoms with Gasteiger partial charge in [0, 0.05) is 43.0 Å². The van der Waals surface area contributed by atoms with Gasteiger partial charge in [-0.1, -0.05) is 30.3 Å². The molecule has 6 nitrogen and oxygen atoms in total. The Bertz CT molecular complexity index is 1410. The molecule has 37 heavy (non-hydrogen) atoms. The van der Waals surface area contributed by atoms with Crippen LogP contribution in [0.25, 0.3) is 22.8 Å². The number of amides is 1. The summed E-state index contributed by atoms with van der Waals surface area (Å²) in [6.07, 6.45) is -2.79. The van der Waals surface area contributed by atoms with E-state index < -0.39 is 11.7 Å². The van der Waals surface area contributed by atoms with Gasteiger partial charge in [-0.05, 0) is 42.5 Å². The van der Waals surface area contributed by atoms with Crippen LogP contribution in [-0.2, 0) is 6.18 Å². The number of aromatic nitrogens is 1. The minimum Gasteiger partial charge on any atom is -0.497 e. The number of anilines is 1. The van der Waals surface area contributed by atoms with Gasteiger partial charge in [0.15, 0.2) is 5.76 Å². The quantitative estimate of drug-likeness (QED) is 0.332. The first-order chi connectivity index (χ1) is 17.8. The molecule has 1 amide bonds. The smallest absolute Gasteiger partial charge is 0.416 e. The Kier molecular flexibility index (Phi) is 6.60. The van der Waals surface area contributed by atoms with E-state index in [0.29, 0.717) is 60.4 Å². The number of rotatable bonds is 5. The lowest BCUT2D eigenvalue weighted by Crippen LogP contribution is -2.49. The normalized spacial score (nSPS) is 14.1. The fourth-order valence-corrected chi connectivity index (χ4v) is 4.38. The Morgan fingerprint density at radius 2 is 1.70 bits per heavy atom. The van der Waals surface area contributed by atoms with Crippen LogP contribution in [0, 0.1) is 0 Å². The summed E-state index contributed by atoms with van der Waals surface area (Å²) in [5.41, 5.74) is 1.63. The highest BCUT2D eigenvalue weighted by Crippen LogP contribution is 2.33. The van der Waals surface area contributed by atoms with Gasteiger partial charge in [0.2, 0.25) is 5.89 Å². The molecule has 190 valence electrons. The van der Waals surface area contributed by atoms with Crippen molar-refractivity contribution in [3.63, 3.8) is 0 Å². The van der Waals surface area contributed by atoms with E-state index in [1.165, 1.54) is 6.07 Å². The zero-order valence-corrected chi connectivity index (χ0v) is 20.0. The molecule has 3 aromatic carbocycles. The van der Waals surface area contributed by atoms with Crippen molar-refractivity contribution in [1.29, 1.82) is 0 Å². The van der Waals surface area contributed by atoms with E-state index in [-0.39, 0.29) is 5.91 Å². The maximum Gasteiger partial charge on any atom is 0.416 e. The minimum absolute atomic E-state index is 0.180. The molecule has 0 spiro atoms. The molecule has 0 atom stereocenters. The summed E-state index contributed by atoms with van der Waals surface area (Å²) in [5.74, 6) is 1.38. The largest absolute Gasteiger partial charge is 0.497 e. The van der Waals surface area contributed by atoms with Crippen LogP contribution in [0.1, 0.15) is 15.9 Å². The zero-order valence-electron chi connectivity index (χ0n) is 20.0. The predicted molar refractivity (Wildman–Crippen MR) is 133 cm³/mol. The van der Waals surface area contributed by atoms with Gasteiger partial charge in [0.25, 0.3) is 5.91 Å². The second kappa shape index (κ2) is 10.0. The topological polar surface area (TPSA) is 58.8 Å². The molecule has 1 saturated heterocycles. The number of alkyl halides is 3. The number of nitrogens with zero attached hydrogens (tertiary/aromatic N) is 3. The van der Waals surface area contributed by atoms with Crippen molar-refractivity contribution in [3.8, 4) is 28.5 Å². The molecule has 1 aliphatic heterocycles.